The van der Waals surface area contributed by atoms with Crippen molar-refractivity contribution in [1.82, 2.24) is 14.8 Å². The van der Waals surface area contributed by atoms with Crippen LogP contribution in [-0.4, -0.2) is 79.1 Å². The molecule has 2 unspecified atom stereocenters. The van der Waals surface area contributed by atoms with E-state index in [0.29, 0.717) is 36.8 Å². The monoisotopic (exact) mass is 463 g/mol. The second-order valence-electron chi connectivity index (χ2n) is 9.69. The van der Waals surface area contributed by atoms with E-state index in [4.69, 9.17) is 4.74 Å². The number of anilines is 2. The zero-order chi connectivity index (χ0) is 23.7. The van der Waals surface area contributed by atoms with E-state index in [0.717, 1.165) is 44.8 Å². The standard InChI is InChI=1S/C26H33N5O3/c1-18-16-31(22-5-6-29(2)25(32)13-22)17-20-11-19(3-4-24(18)20)26(33)28-21-12-23(15-27-14-21)30-7-9-34-10-8-30/h3-4,11-12,14-15,18,22H,5-10,13,16-17H2,1-2H3,(H,28,33). The number of ether oxygens (including phenoxy) is 1. The Morgan fingerprint density at radius 1 is 1.15 bits per heavy atom. The number of piperidine rings is 1. The Kier molecular flexibility index (Phi) is 6.52. The minimum Gasteiger partial charge on any atom is -0.378 e. The first kappa shape index (κ1) is 22.8. The number of carbonyl (C=O) groups excluding carboxylic acids is 2. The number of hydrogen-bond donors (Lipinski definition) is 1. The Hall–Kier alpha value is -2.97. The number of fused-ring (bicyclic) bond motifs is 1. The number of benzene rings is 1. The molecule has 0 spiro atoms. The van der Waals surface area contributed by atoms with Crippen molar-refractivity contribution >= 4 is 23.2 Å². The maximum absolute atomic E-state index is 13.1. The molecular formula is C26H33N5O3. The number of amides is 2. The number of hydrogen-bond acceptors (Lipinski definition) is 6. The lowest BCUT2D eigenvalue weighted by Gasteiger charge is -2.41. The molecule has 3 aliphatic rings. The van der Waals surface area contributed by atoms with Crippen LogP contribution in [-0.2, 0) is 16.1 Å². The molecule has 180 valence electrons. The van der Waals surface area contributed by atoms with Gasteiger partial charge in [-0.25, -0.2) is 0 Å². The van der Waals surface area contributed by atoms with Gasteiger partial charge in [-0.2, -0.15) is 0 Å². The van der Waals surface area contributed by atoms with E-state index >= 15 is 0 Å². The Morgan fingerprint density at radius 2 is 1.97 bits per heavy atom. The normalized spacial score (nSPS) is 23.5. The first-order chi connectivity index (χ1) is 16.5. The van der Waals surface area contributed by atoms with Gasteiger partial charge in [0, 0.05) is 57.8 Å². The summed E-state index contributed by atoms with van der Waals surface area (Å²) < 4.78 is 5.43. The summed E-state index contributed by atoms with van der Waals surface area (Å²) in [5.74, 6) is 0.448. The molecule has 0 aliphatic carbocycles. The first-order valence-corrected chi connectivity index (χ1v) is 12.2. The quantitative estimate of drug-likeness (QED) is 0.751. The van der Waals surface area contributed by atoms with Crippen molar-refractivity contribution in [3.8, 4) is 0 Å². The van der Waals surface area contributed by atoms with E-state index in [1.807, 2.05) is 36.3 Å². The van der Waals surface area contributed by atoms with Crippen molar-refractivity contribution in [2.24, 2.45) is 0 Å². The second kappa shape index (κ2) is 9.72. The van der Waals surface area contributed by atoms with Gasteiger partial charge in [-0.15, -0.1) is 0 Å². The van der Waals surface area contributed by atoms with E-state index in [1.54, 1.807) is 6.20 Å². The summed E-state index contributed by atoms with van der Waals surface area (Å²) in [6.45, 7) is 7.80. The number of nitrogens with zero attached hydrogens (tertiary/aromatic N) is 4. The molecule has 1 aromatic carbocycles. The predicted octanol–water partition coefficient (Wildman–Crippen LogP) is 2.71. The van der Waals surface area contributed by atoms with Crippen LogP contribution in [0.4, 0.5) is 11.4 Å². The average Bonchev–Trinajstić information content (AvgIpc) is 2.86. The first-order valence-electron chi connectivity index (χ1n) is 12.2. The number of carbonyl (C=O) groups is 2. The molecule has 2 amide bonds. The van der Waals surface area contributed by atoms with Crippen LogP contribution in [0.25, 0.3) is 0 Å². The summed E-state index contributed by atoms with van der Waals surface area (Å²) in [4.78, 5) is 36.1. The minimum atomic E-state index is -0.136. The van der Waals surface area contributed by atoms with Crippen LogP contribution in [0, 0.1) is 0 Å². The molecule has 0 radical (unpaired) electrons. The summed E-state index contributed by atoms with van der Waals surface area (Å²) in [5, 5.41) is 3.02. The molecule has 0 saturated carbocycles. The number of likely N-dealkylation sites (tertiary alicyclic amines) is 1. The lowest BCUT2D eigenvalue weighted by molar-refractivity contribution is -0.134. The van der Waals surface area contributed by atoms with E-state index in [1.165, 1.54) is 11.1 Å². The summed E-state index contributed by atoms with van der Waals surface area (Å²) in [6.07, 6.45) is 5.08. The van der Waals surface area contributed by atoms with Crippen molar-refractivity contribution in [3.63, 3.8) is 0 Å². The van der Waals surface area contributed by atoms with Gasteiger partial charge < -0.3 is 19.9 Å². The number of pyridine rings is 1. The average molecular weight is 464 g/mol. The van der Waals surface area contributed by atoms with Crippen LogP contribution < -0.4 is 10.2 Å². The molecule has 8 heteroatoms. The summed E-state index contributed by atoms with van der Waals surface area (Å²) >= 11 is 0. The smallest absolute Gasteiger partial charge is 0.255 e. The van der Waals surface area contributed by atoms with Crippen LogP contribution >= 0.6 is 0 Å². The van der Waals surface area contributed by atoms with E-state index in [-0.39, 0.29) is 17.9 Å². The molecule has 2 aromatic rings. The molecule has 4 heterocycles. The summed E-state index contributed by atoms with van der Waals surface area (Å²) in [5.41, 5.74) is 4.79. The van der Waals surface area contributed by atoms with Crippen LogP contribution in [0.3, 0.4) is 0 Å². The highest BCUT2D eigenvalue weighted by Gasteiger charge is 2.32. The van der Waals surface area contributed by atoms with Crippen molar-refractivity contribution in [1.29, 1.82) is 0 Å². The lowest BCUT2D eigenvalue weighted by Crippen LogP contribution is -2.48. The minimum absolute atomic E-state index is 0.136. The van der Waals surface area contributed by atoms with Gasteiger partial charge in [0.1, 0.15) is 0 Å². The molecule has 2 fully saturated rings. The van der Waals surface area contributed by atoms with Gasteiger partial charge in [0.15, 0.2) is 0 Å². The van der Waals surface area contributed by atoms with Gasteiger partial charge in [0.25, 0.3) is 5.91 Å². The largest absolute Gasteiger partial charge is 0.378 e. The molecule has 34 heavy (non-hydrogen) atoms. The third-order valence-corrected chi connectivity index (χ3v) is 7.33. The summed E-state index contributed by atoms with van der Waals surface area (Å²) in [6, 6.07) is 8.26. The second-order valence-corrected chi connectivity index (χ2v) is 9.69. The van der Waals surface area contributed by atoms with Crippen molar-refractivity contribution < 1.29 is 14.3 Å². The highest BCUT2D eigenvalue weighted by atomic mass is 16.5. The Balaban J connectivity index is 1.29. The Morgan fingerprint density at radius 3 is 2.76 bits per heavy atom. The molecule has 1 aromatic heterocycles. The third kappa shape index (κ3) is 4.79. The van der Waals surface area contributed by atoms with Gasteiger partial charge in [0.2, 0.25) is 5.91 Å². The summed E-state index contributed by atoms with van der Waals surface area (Å²) in [7, 11) is 1.88. The molecular weight excluding hydrogens is 430 g/mol. The lowest BCUT2D eigenvalue weighted by atomic mass is 9.87. The molecule has 2 atom stereocenters. The van der Waals surface area contributed by atoms with Crippen LogP contribution in [0.2, 0.25) is 0 Å². The van der Waals surface area contributed by atoms with Gasteiger partial charge in [-0.3, -0.25) is 19.5 Å². The van der Waals surface area contributed by atoms with Crippen molar-refractivity contribution in [2.45, 2.75) is 38.3 Å². The molecule has 1 N–H and O–H groups in total. The van der Waals surface area contributed by atoms with Crippen molar-refractivity contribution in [2.75, 3.05) is 56.7 Å². The maximum Gasteiger partial charge on any atom is 0.255 e. The predicted molar refractivity (Wildman–Crippen MR) is 131 cm³/mol. The maximum atomic E-state index is 13.1. The molecule has 3 aliphatic heterocycles. The van der Waals surface area contributed by atoms with Crippen LogP contribution in [0.5, 0.6) is 0 Å². The third-order valence-electron chi connectivity index (χ3n) is 7.33. The molecule has 8 nitrogen and oxygen atoms in total. The number of morpholine rings is 1. The zero-order valence-corrected chi connectivity index (χ0v) is 20.0. The van der Waals surface area contributed by atoms with Gasteiger partial charge >= 0.3 is 0 Å². The Labute approximate surface area is 200 Å². The topological polar surface area (TPSA) is 78.0 Å². The molecule has 2 saturated heterocycles. The van der Waals surface area contributed by atoms with E-state index in [2.05, 4.69) is 33.1 Å². The SMILES string of the molecule is CC1CN(C2CCN(C)C(=O)C2)Cc2cc(C(=O)Nc3cncc(N4CCOCC4)c3)ccc21. The molecule has 0 bridgehead atoms. The fourth-order valence-electron chi connectivity index (χ4n) is 5.31. The van der Waals surface area contributed by atoms with Crippen LogP contribution in [0.15, 0.2) is 36.7 Å². The highest BCUT2D eigenvalue weighted by Crippen LogP contribution is 2.32. The van der Waals surface area contributed by atoms with E-state index < -0.39 is 0 Å². The zero-order valence-electron chi connectivity index (χ0n) is 20.0. The number of rotatable bonds is 4. The fourth-order valence-corrected chi connectivity index (χ4v) is 5.31. The van der Waals surface area contributed by atoms with Crippen molar-refractivity contribution in [3.05, 3.63) is 53.3 Å². The van der Waals surface area contributed by atoms with Gasteiger partial charge in [-0.05, 0) is 41.7 Å². The molecule has 5 rings (SSSR count). The number of aromatic nitrogens is 1. The van der Waals surface area contributed by atoms with Gasteiger partial charge in [-0.1, -0.05) is 13.0 Å². The Bertz CT molecular complexity index is 1070. The van der Waals surface area contributed by atoms with Crippen LogP contribution in [0.1, 0.15) is 47.2 Å². The van der Waals surface area contributed by atoms with Gasteiger partial charge in [0.05, 0.1) is 37.0 Å². The highest BCUT2D eigenvalue weighted by molar-refractivity contribution is 6.04. The van der Waals surface area contributed by atoms with E-state index in [9.17, 15) is 9.59 Å². The fraction of sp³-hybridized carbons (Fsp3) is 0.500. The number of nitrogens with one attached hydrogen (secondary N) is 1.